The average Bonchev–Trinajstić information content (AvgIpc) is 2.55. The van der Waals surface area contributed by atoms with Gasteiger partial charge in [0, 0.05) is 6.42 Å². The topological polar surface area (TPSA) is 86.6 Å². The number of hydrogen-bond acceptors (Lipinski definition) is 3. The highest BCUT2D eigenvalue weighted by atomic mass is 16.4. The van der Waals surface area contributed by atoms with Crippen molar-refractivity contribution in [2.24, 2.45) is 0 Å². The highest BCUT2D eigenvalue weighted by Gasteiger charge is 2.39. The van der Waals surface area contributed by atoms with Gasteiger partial charge in [-0.2, -0.15) is 0 Å². The van der Waals surface area contributed by atoms with Gasteiger partial charge in [0.15, 0.2) is 5.54 Å². The molecule has 0 aromatic heterocycles. The van der Waals surface area contributed by atoms with Gasteiger partial charge in [-0.3, -0.25) is 4.79 Å². The third-order valence-electron chi connectivity index (χ3n) is 3.61. The summed E-state index contributed by atoms with van der Waals surface area (Å²) in [6, 6.07) is 17.9. The Morgan fingerprint density at radius 3 is 1.91 bits per heavy atom. The first-order valence-electron chi connectivity index (χ1n) is 7.29. The molecule has 0 bridgehead atoms. The molecule has 0 fully saturated rings. The van der Waals surface area contributed by atoms with Gasteiger partial charge in [0.1, 0.15) is 0 Å². The second-order valence-electron chi connectivity index (χ2n) is 5.42. The number of carbonyl (C=O) groups excluding carboxylic acids is 1. The van der Waals surface area contributed by atoms with Crippen molar-refractivity contribution in [3.63, 3.8) is 0 Å². The fraction of sp³-hybridized carbons (Fsp3) is 0.222. The maximum absolute atomic E-state index is 12.2. The van der Waals surface area contributed by atoms with Gasteiger partial charge in [-0.05, 0) is 11.1 Å². The minimum Gasteiger partial charge on any atom is -0.479 e. The zero-order chi connectivity index (χ0) is 16.7. The van der Waals surface area contributed by atoms with Crippen LogP contribution in [0, 0.1) is 0 Å². The first kappa shape index (κ1) is 16.7. The molecule has 3 N–H and O–H groups in total. The summed E-state index contributed by atoms with van der Waals surface area (Å²) in [5.41, 5.74) is -0.223. The summed E-state index contributed by atoms with van der Waals surface area (Å²) in [6.07, 6.45) is 0.0743. The first-order valence-corrected chi connectivity index (χ1v) is 7.29. The number of carbonyl (C=O) groups is 2. The molecule has 2 aromatic carbocycles. The molecule has 0 saturated carbocycles. The molecule has 0 spiro atoms. The number of rotatable bonds is 7. The molecule has 0 aliphatic carbocycles. The van der Waals surface area contributed by atoms with Crippen LogP contribution in [0.4, 0.5) is 0 Å². The van der Waals surface area contributed by atoms with E-state index in [4.69, 9.17) is 0 Å². The van der Waals surface area contributed by atoms with Crippen molar-refractivity contribution in [3.8, 4) is 0 Å². The summed E-state index contributed by atoms with van der Waals surface area (Å²) in [7, 11) is 0. The van der Waals surface area contributed by atoms with E-state index in [0.29, 0.717) is 0 Å². The summed E-state index contributed by atoms with van der Waals surface area (Å²) < 4.78 is 0. The molecule has 0 radical (unpaired) electrons. The van der Waals surface area contributed by atoms with Gasteiger partial charge in [0.2, 0.25) is 5.91 Å². The Hall–Kier alpha value is -2.66. The van der Waals surface area contributed by atoms with Crippen molar-refractivity contribution in [1.82, 2.24) is 5.32 Å². The summed E-state index contributed by atoms with van der Waals surface area (Å²) in [6.45, 7) is -0.683. The maximum atomic E-state index is 12.2. The van der Waals surface area contributed by atoms with Gasteiger partial charge >= 0.3 is 5.97 Å². The lowest BCUT2D eigenvalue weighted by atomic mass is 9.91. The van der Waals surface area contributed by atoms with Crippen LogP contribution in [-0.2, 0) is 22.4 Å². The third kappa shape index (κ3) is 4.40. The normalized spacial score (nSPS) is 13.1. The van der Waals surface area contributed by atoms with Crippen LogP contribution in [0.1, 0.15) is 11.1 Å². The second-order valence-corrected chi connectivity index (χ2v) is 5.42. The van der Waals surface area contributed by atoms with E-state index in [9.17, 15) is 19.8 Å². The molecular formula is C18H19NO4. The van der Waals surface area contributed by atoms with Crippen molar-refractivity contribution < 1.29 is 19.8 Å². The molecule has 0 heterocycles. The molecule has 23 heavy (non-hydrogen) atoms. The molecule has 1 amide bonds. The van der Waals surface area contributed by atoms with E-state index >= 15 is 0 Å². The predicted molar refractivity (Wildman–Crippen MR) is 85.9 cm³/mol. The van der Waals surface area contributed by atoms with Gasteiger partial charge in [0.25, 0.3) is 0 Å². The Labute approximate surface area is 134 Å². The molecule has 1 atom stereocenters. The van der Waals surface area contributed by atoms with Crippen molar-refractivity contribution >= 4 is 11.9 Å². The lowest BCUT2D eigenvalue weighted by Gasteiger charge is -2.28. The molecule has 120 valence electrons. The number of hydrogen-bond donors (Lipinski definition) is 3. The van der Waals surface area contributed by atoms with Crippen LogP contribution in [0.3, 0.4) is 0 Å². The molecule has 5 heteroatoms. The Balaban J connectivity index is 2.14. The fourth-order valence-electron chi connectivity index (χ4n) is 2.37. The minimum atomic E-state index is -1.73. The van der Waals surface area contributed by atoms with Gasteiger partial charge in [-0.25, -0.2) is 4.79 Å². The van der Waals surface area contributed by atoms with Gasteiger partial charge < -0.3 is 15.5 Å². The molecular weight excluding hydrogens is 294 g/mol. The van der Waals surface area contributed by atoms with Crippen molar-refractivity contribution in [3.05, 3.63) is 71.8 Å². The summed E-state index contributed by atoms with van der Waals surface area (Å²) in [4.78, 5) is 23.9. The number of carboxylic acids is 1. The summed E-state index contributed by atoms with van der Waals surface area (Å²) >= 11 is 0. The quantitative estimate of drug-likeness (QED) is 0.721. The van der Waals surface area contributed by atoms with Crippen LogP contribution in [0.5, 0.6) is 0 Å². The van der Waals surface area contributed by atoms with Crippen LogP contribution in [0.25, 0.3) is 0 Å². The maximum Gasteiger partial charge on any atom is 0.332 e. The monoisotopic (exact) mass is 313 g/mol. The minimum absolute atomic E-state index is 0.0141. The largest absolute Gasteiger partial charge is 0.479 e. The molecule has 2 rings (SSSR count). The van der Waals surface area contributed by atoms with E-state index in [1.165, 1.54) is 0 Å². The number of aliphatic hydroxyl groups excluding tert-OH is 1. The van der Waals surface area contributed by atoms with E-state index in [1.807, 2.05) is 24.3 Å². The molecule has 5 nitrogen and oxygen atoms in total. The molecule has 0 saturated heterocycles. The molecule has 0 aliphatic heterocycles. The fourth-order valence-corrected chi connectivity index (χ4v) is 2.37. The number of aliphatic hydroxyl groups is 1. The summed E-state index contributed by atoms with van der Waals surface area (Å²) in [5, 5.41) is 21.6. The Morgan fingerprint density at radius 2 is 1.43 bits per heavy atom. The highest BCUT2D eigenvalue weighted by molar-refractivity contribution is 5.88. The first-order chi connectivity index (χ1) is 11.1. The highest BCUT2D eigenvalue weighted by Crippen LogP contribution is 2.15. The number of amides is 1. The van der Waals surface area contributed by atoms with Crippen molar-refractivity contribution in [1.29, 1.82) is 0 Å². The summed E-state index contributed by atoms with van der Waals surface area (Å²) in [5.74, 6) is -1.70. The van der Waals surface area contributed by atoms with Crippen LogP contribution >= 0.6 is 0 Å². The van der Waals surface area contributed by atoms with Gasteiger partial charge in [0.05, 0.1) is 13.0 Å². The third-order valence-corrected chi connectivity index (χ3v) is 3.61. The van der Waals surface area contributed by atoms with Gasteiger partial charge in [-0.15, -0.1) is 0 Å². The Bertz CT molecular complexity index is 657. The van der Waals surface area contributed by atoms with E-state index in [2.05, 4.69) is 5.32 Å². The van der Waals surface area contributed by atoms with E-state index in [-0.39, 0.29) is 12.8 Å². The lowest BCUT2D eigenvalue weighted by molar-refractivity contribution is -0.149. The van der Waals surface area contributed by atoms with E-state index in [0.717, 1.165) is 11.1 Å². The average molecular weight is 313 g/mol. The Kier molecular flexibility index (Phi) is 5.49. The number of nitrogens with one attached hydrogen (secondary N) is 1. The number of benzene rings is 2. The van der Waals surface area contributed by atoms with Crippen LogP contribution in [0.2, 0.25) is 0 Å². The Morgan fingerprint density at radius 1 is 0.913 bits per heavy atom. The number of aliphatic carboxylic acids is 1. The molecule has 1 unspecified atom stereocenters. The molecule has 0 aliphatic rings. The van der Waals surface area contributed by atoms with Crippen LogP contribution in [0.15, 0.2) is 60.7 Å². The predicted octanol–water partition coefficient (Wildman–Crippen LogP) is 1.40. The van der Waals surface area contributed by atoms with Crippen LogP contribution in [-0.4, -0.2) is 34.2 Å². The van der Waals surface area contributed by atoms with Crippen molar-refractivity contribution in [2.45, 2.75) is 18.4 Å². The molecule has 2 aromatic rings. The standard InChI is InChI=1S/C18H19NO4/c20-13-18(17(22)23,12-15-9-5-2-6-10-15)19-16(21)11-14-7-3-1-4-8-14/h1-10,20H,11-13H2,(H,19,21)(H,22,23). The zero-order valence-electron chi connectivity index (χ0n) is 12.6. The zero-order valence-corrected chi connectivity index (χ0v) is 12.6. The SMILES string of the molecule is O=C(Cc1ccccc1)NC(CO)(Cc1ccccc1)C(=O)O. The smallest absolute Gasteiger partial charge is 0.332 e. The van der Waals surface area contributed by atoms with Crippen molar-refractivity contribution in [2.75, 3.05) is 6.61 Å². The van der Waals surface area contributed by atoms with Gasteiger partial charge in [-0.1, -0.05) is 60.7 Å². The number of carboxylic acid groups (broad SMARTS) is 1. The van der Waals surface area contributed by atoms with Crippen LogP contribution < -0.4 is 5.32 Å². The van der Waals surface area contributed by atoms with E-state index < -0.39 is 24.0 Å². The lowest BCUT2D eigenvalue weighted by Crippen LogP contribution is -2.59. The second kappa shape index (κ2) is 7.56. The van der Waals surface area contributed by atoms with E-state index in [1.54, 1.807) is 36.4 Å².